The van der Waals surface area contributed by atoms with Gasteiger partial charge in [-0.05, 0) is 42.8 Å². The van der Waals surface area contributed by atoms with Crippen molar-refractivity contribution in [2.24, 2.45) is 0 Å². The number of thiophene rings is 1. The molecule has 0 aliphatic heterocycles. The molecule has 27 heavy (non-hydrogen) atoms. The number of hydrogen-bond acceptors (Lipinski definition) is 4. The van der Waals surface area contributed by atoms with Crippen LogP contribution in [-0.4, -0.2) is 22.8 Å². The Kier molecular flexibility index (Phi) is 4.75. The smallest absolute Gasteiger partial charge is 0.265 e. The molecule has 2 aromatic carbocycles. The number of benzene rings is 2. The van der Waals surface area contributed by atoms with Crippen LogP contribution in [0.25, 0.3) is 15.9 Å². The van der Waals surface area contributed by atoms with Crippen molar-refractivity contribution in [1.29, 1.82) is 0 Å². The molecule has 1 amide bonds. The van der Waals surface area contributed by atoms with Gasteiger partial charge in [0.15, 0.2) is 0 Å². The summed E-state index contributed by atoms with van der Waals surface area (Å²) in [5, 5.41) is 8.58. The van der Waals surface area contributed by atoms with Gasteiger partial charge in [-0.1, -0.05) is 30.3 Å². The number of methoxy groups -OCH3 is 1. The van der Waals surface area contributed by atoms with E-state index in [0.29, 0.717) is 11.5 Å². The molecule has 0 atom stereocenters. The highest BCUT2D eigenvalue weighted by Gasteiger charge is 2.17. The molecule has 0 saturated carbocycles. The zero-order chi connectivity index (χ0) is 18.8. The maximum absolute atomic E-state index is 12.7. The van der Waals surface area contributed by atoms with Crippen molar-refractivity contribution >= 4 is 33.1 Å². The molecule has 0 bridgehead atoms. The number of aromatic nitrogens is 2. The molecule has 1 N–H and O–H groups in total. The number of hydrogen-bond donors (Lipinski definition) is 1. The van der Waals surface area contributed by atoms with Gasteiger partial charge in [0, 0.05) is 18.2 Å². The van der Waals surface area contributed by atoms with E-state index in [0.717, 1.165) is 32.8 Å². The lowest BCUT2D eigenvalue weighted by Gasteiger charge is -2.05. The predicted molar refractivity (Wildman–Crippen MR) is 109 cm³/mol. The molecule has 6 heteroatoms. The Hall–Kier alpha value is -2.96. The van der Waals surface area contributed by atoms with E-state index in [1.807, 2.05) is 72.3 Å². The molecule has 4 aromatic rings. The molecule has 0 aliphatic rings. The minimum atomic E-state index is -0.116. The van der Waals surface area contributed by atoms with Gasteiger partial charge in [0.1, 0.15) is 4.83 Å². The van der Waals surface area contributed by atoms with Crippen molar-refractivity contribution in [3.05, 3.63) is 76.8 Å². The summed E-state index contributed by atoms with van der Waals surface area (Å²) < 4.78 is 7.00. The highest BCUT2D eigenvalue weighted by atomic mass is 32.1. The number of ether oxygens (including phenoxy) is 1. The molecule has 0 saturated heterocycles. The molecule has 5 nitrogen and oxygen atoms in total. The Balaban J connectivity index is 1.61. The van der Waals surface area contributed by atoms with E-state index in [2.05, 4.69) is 10.4 Å². The molecular weight excluding hydrogens is 358 g/mol. The van der Waals surface area contributed by atoms with Gasteiger partial charge in [-0.15, -0.1) is 11.3 Å². The fourth-order valence-electron chi connectivity index (χ4n) is 2.95. The van der Waals surface area contributed by atoms with Crippen molar-refractivity contribution < 1.29 is 9.53 Å². The first-order valence-corrected chi connectivity index (χ1v) is 9.41. The summed E-state index contributed by atoms with van der Waals surface area (Å²) >= 11 is 1.45. The van der Waals surface area contributed by atoms with E-state index in [1.165, 1.54) is 11.3 Å². The molecule has 2 aromatic heterocycles. The van der Waals surface area contributed by atoms with Gasteiger partial charge >= 0.3 is 0 Å². The number of anilines is 1. The second kappa shape index (κ2) is 7.34. The summed E-state index contributed by atoms with van der Waals surface area (Å²) in [6, 6.07) is 19.5. The molecule has 4 rings (SSSR count). The number of fused-ring (bicyclic) bond motifs is 1. The van der Waals surface area contributed by atoms with Crippen LogP contribution in [0.4, 0.5) is 5.69 Å². The first-order valence-electron chi connectivity index (χ1n) is 8.59. The maximum Gasteiger partial charge on any atom is 0.265 e. The van der Waals surface area contributed by atoms with Crippen LogP contribution in [0.1, 0.15) is 20.9 Å². The van der Waals surface area contributed by atoms with Gasteiger partial charge in [-0.3, -0.25) is 4.79 Å². The van der Waals surface area contributed by atoms with E-state index in [1.54, 1.807) is 7.11 Å². The Labute approximate surface area is 161 Å². The molecule has 0 fully saturated rings. The zero-order valence-corrected chi connectivity index (χ0v) is 15.9. The average molecular weight is 377 g/mol. The number of para-hydroxylation sites is 1. The Bertz CT molecular complexity index is 1080. The van der Waals surface area contributed by atoms with Crippen LogP contribution in [0.2, 0.25) is 0 Å². The van der Waals surface area contributed by atoms with Crippen molar-refractivity contribution in [2.45, 2.75) is 13.5 Å². The van der Waals surface area contributed by atoms with E-state index in [9.17, 15) is 4.79 Å². The maximum atomic E-state index is 12.7. The van der Waals surface area contributed by atoms with Crippen molar-refractivity contribution in [3.63, 3.8) is 0 Å². The summed E-state index contributed by atoms with van der Waals surface area (Å²) in [6.45, 7) is 2.52. The largest absolute Gasteiger partial charge is 0.380 e. The lowest BCUT2D eigenvalue weighted by atomic mass is 10.2. The summed E-state index contributed by atoms with van der Waals surface area (Å²) in [4.78, 5) is 14.3. The van der Waals surface area contributed by atoms with Crippen LogP contribution in [-0.2, 0) is 11.3 Å². The van der Waals surface area contributed by atoms with Crippen molar-refractivity contribution in [1.82, 2.24) is 9.78 Å². The van der Waals surface area contributed by atoms with Crippen LogP contribution >= 0.6 is 11.3 Å². The second-order valence-corrected chi connectivity index (χ2v) is 7.28. The van der Waals surface area contributed by atoms with E-state index < -0.39 is 0 Å². The molecule has 2 heterocycles. The Morgan fingerprint density at radius 2 is 1.89 bits per heavy atom. The molecule has 0 aliphatic carbocycles. The normalized spacial score (nSPS) is 11.0. The van der Waals surface area contributed by atoms with Gasteiger partial charge in [0.05, 0.1) is 22.9 Å². The highest BCUT2D eigenvalue weighted by Crippen LogP contribution is 2.30. The van der Waals surface area contributed by atoms with Gasteiger partial charge in [-0.2, -0.15) is 5.10 Å². The number of amides is 1. The summed E-state index contributed by atoms with van der Waals surface area (Å²) in [7, 11) is 1.66. The van der Waals surface area contributed by atoms with Gasteiger partial charge in [-0.25, -0.2) is 4.68 Å². The zero-order valence-electron chi connectivity index (χ0n) is 15.1. The third-order valence-corrected chi connectivity index (χ3v) is 5.40. The van der Waals surface area contributed by atoms with Crippen molar-refractivity contribution in [2.75, 3.05) is 12.4 Å². The lowest BCUT2D eigenvalue weighted by molar-refractivity contribution is 0.103. The number of nitrogens with one attached hydrogen (secondary N) is 1. The third kappa shape index (κ3) is 3.49. The minimum Gasteiger partial charge on any atom is -0.380 e. The van der Waals surface area contributed by atoms with Crippen LogP contribution in [0.3, 0.4) is 0 Å². The summed E-state index contributed by atoms with van der Waals surface area (Å²) in [6.07, 6.45) is 0. The van der Waals surface area contributed by atoms with E-state index in [4.69, 9.17) is 4.74 Å². The fraction of sp³-hybridized carbons (Fsp3) is 0.143. The fourth-order valence-corrected chi connectivity index (χ4v) is 4.03. The van der Waals surface area contributed by atoms with Gasteiger partial charge in [0.25, 0.3) is 5.91 Å². The van der Waals surface area contributed by atoms with Crippen molar-refractivity contribution in [3.8, 4) is 5.69 Å². The number of aryl methyl sites for hydroxylation is 1. The summed E-state index contributed by atoms with van der Waals surface area (Å²) in [5.74, 6) is -0.116. The van der Waals surface area contributed by atoms with Crippen LogP contribution in [0.15, 0.2) is 60.7 Å². The Morgan fingerprint density at radius 3 is 2.59 bits per heavy atom. The molecule has 136 valence electrons. The topological polar surface area (TPSA) is 56.1 Å². The summed E-state index contributed by atoms with van der Waals surface area (Å²) in [5.41, 5.74) is 3.72. The third-order valence-electron chi connectivity index (χ3n) is 4.29. The SMILES string of the molecule is COCc1ccc(NC(=O)c2cc3c(C)nn(-c4ccccc4)c3s2)cc1. The first kappa shape index (κ1) is 17.5. The standard InChI is InChI=1S/C21H19N3O2S/c1-14-18-12-19(20(25)22-16-10-8-15(9-11-16)13-26-2)27-21(18)24(23-14)17-6-4-3-5-7-17/h3-12H,13H2,1-2H3,(H,22,25). The van der Waals surface area contributed by atoms with E-state index in [-0.39, 0.29) is 5.91 Å². The Morgan fingerprint density at radius 1 is 1.15 bits per heavy atom. The van der Waals surface area contributed by atoms with E-state index >= 15 is 0 Å². The predicted octanol–water partition coefficient (Wildman–Crippen LogP) is 4.79. The van der Waals surface area contributed by atoms with Crippen LogP contribution in [0, 0.1) is 6.92 Å². The quantitative estimate of drug-likeness (QED) is 0.544. The van der Waals surface area contributed by atoms with Crippen LogP contribution < -0.4 is 5.32 Å². The molecule has 0 unspecified atom stereocenters. The monoisotopic (exact) mass is 377 g/mol. The highest BCUT2D eigenvalue weighted by molar-refractivity contribution is 7.20. The number of carbonyl (C=O) groups excluding carboxylic acids is 1. The first-order chi connectivity index (χ1) is 13.2. The van der Waals surface area contributed by atoms with Crippen LogP contribution in [0.5, 0.6) is 0 Å². The lowest BCUT2D eigenvalue weighted by Crippen LogP contribution is -2.10. The second-order valence-electron chi connectivity index (χ2n) is 6.25. The molecule has 0 spiro atoms. The number of nitrogens with zero attached hydrogens (tertiary/aromatic N) is 2. The number of rotatable bonds is 5. The van der Waals surface area contributed by atoms with Gasteiger partial charge in [0.2, 0.25) is 0 Å². The number of carbonyl (C=O) groups is 1. The molecule has 0 radical (unpaired) electrons. The minimum absolute atomic E-state index is 0.116. The van der Waals surface area contributed by atoms with Gasteiger partial charge < -0.3 is 10.1 Å². The average Bonchev–Trinajstić information content (AvgIpc) is 3.25. The molecular formula is C21H19N3O2S.